The van der Waals surface area contributed by atoms with Crippen LogP contribution in [0.4, 0.5) is 0 Å². The molecule has 0 spiro atoms. The minimum atomic E-state index is 0.121. The zero-order valence-electron chi connectivity index (χ0n) is 15.7. The smallest absolute Gasteiger partial charge is 0.237 e. The van der Waals surface area contributed by atoms with Gasteiger partial charge in [0, 0.05) is 26.1 Å². The highest BCUT2D eigenvalue weighted by molar-refractivity contribution is 5.79. The minimum Gasteiger partial charge on any atom is -0.383 e. The molecule has 8 nitrogen and oxygen atoms in total. The molecule has 1 aromatic heterocycles. The molecule has 26 heavy (non-hydrogen) atoms. The molecule has 0 atom stereocenters. The molecular formula is C18H29N5O3. The SMILES string of the molecule is COCCN(C)CC(=O)N1CCn2nc(CNC(=O)C3CCC3)cc2C1. The van der Waals surface area contributed by atoms with Gasteiger partial charge < -0.3 is 15.0 Å². The Hall–Kier alpha value is -1.93. The van der Waals surface area contributed by atoms with Gasteiger partial charge in [0.15, 0.2) is 0 Å². The van der Waals surface area contributed by atoms with Gasteiger partial charge in [-0.25, -0.2) is 0 Å². The summed E-state index contributed by atoms with van der Waals surface area (Å²) >= 11 is 0. The van der Waals surface area contributed by atoms with Gasteiger partial charge in [0.1, 0.15) is 0 Å². The highest BCUT2D eigenvalue weighted by atomic mass is 16.5. The number of likely N-dealkylation sites (N-methyl/N-ethyl adjacent to an activating group) is 1. The second-order valence-corrected chi connectivity index (χ2v) is 7.24. The molecule has 1 aromatic rings. The van der Waals surface area contributed by atoms with Gasteiger partial charge in [0.05, 0.1) is 44.2 Å². The third-order valence-electron chi connectivity index (χ3n) is 5.20. The van der Waals surface area contributed by atoms with Crippen molar-refractivity contribution in [1.82, 2.24) is 24.9 Å². The largest absolute Gasteiger partial charge is 0.383 e. The maximum absolute atomic E-state index is 12.5. The molecule has 1 saturated carbocycles. The van der Waals surface area contributed by atoms with Gasteiger partial charge in [0.25, 0.3) is 0 Å². The molecule has 0 unspecified atom stereocenters. The number of ether oxygens (including phenoxy) is 1. The number of hydrogen-bond acceptors (Lipinski definition) is 5. The van der Waals surface area contributed by atoms with E-state index in [0.29, 0.717) is 39.3 Å². The Labute approximate surface area is 154 Å². The molecule has 2 heterocycles. The molecule has 8 heteroatoms. The summed E-state index contributed by atoms with van der Waals surface area (Å²) in [6.07, 6.45) is 3.16. The Morgan fingerprint density at radius 2 is 2.19 bits per heavy atom. The Morgan fingerprint density at radius 3 is 2.88 bits per heavy atom. The van der Waals surface area contributed by atoms with Crippen molar-refractivity contribution in [3.63, 3.8) is 0 Å². The Kier molecular flexibility index (Phi) is 6.26. The van der Waals surface area contributed by atoms with E-state index in [9.17, 15) is 9.59 Å². The number of carbonyl (C=O) groups excluding carboxylic acids is 2. The number of hydrogen-bond donors (Lipinski definition) is 1. The van der Waals surface area contributed by atoms with E-state index in [1.54, 1.807) is 7.11 Å². The Morgan fingerprint density at radius 1 is 1.38 bits per heavy atom. The lowest BCUT2D eigenvalue weighted by atomic mass is 9.85. The fourth-order valence-electron chi connectivity index (χ4n) is 3.27. The highest BCUT2D eigenvalue weighted by Crippen LogP contribution is 2.26. The summed E-state index contributed by atoms with van der Waals surface area (Å²) < 4.78 is 6.99. The fraction of sp³-hybridized carbons (Fsp3) is 0.722. The first kappa shape index (κ1) is 18.8. The number of carbonyl (C=O) groups is 2. The molecule has 1 fully saturated rings. The van der Waals surface area contributed by atoms with Crippen molar-refractivity contribution in [3.8, 4) is 0 Å². The zero-order valence-corrected chi connectivity index (χ0v) is 15.7. The van der Waals surface area contributed by atoms with Crippen molar-refractivity contribution in [2.45, 2.75) is 38.9 Å². The molecule has 2 amide bonds. The van der Waals surface area contributed by atoms with Crippen LogP contribution in [0.25, 0.3) is 0 Å². The average Bonchev–Trinajstić information content (AvgIpc) is 2.98. The number of nitrogens with one attached hydrogen (secondary N) is 1. The number of aromatic nitrogens is 2. The number of amides is 2. The van der Waals surface area contributed by atoms with Crippen molar-refractivity contribution in [2.24, 2.45) is 5.92 Å². The maximum Gasteiger partial charge on any atom is 0.237 e. The first-order valence-electron chi connectivity index (χ1n) is 9.35. The first-order valence-corrected chi connectivity index (χ1v) is 9.35. The van der Waals surface area contributed by atoms with E-state index in [2.05, 4.69) is 10.4 Å². The summed E-state index contributed by atoms with van der Waals surface area (Å²) in [4.78, 5) is 28.3. The van der Waals surface area contributed by atoms with Crippen molar-refractivity contribution < 1.29 is 14.3 Å². The van der Waals surface area contributed by atoms with Crippen LogP contribution in [-0.4, -0.2) is 71.8 Å². The number of nitrogens with zero attached hydrogens (tertiary/aromatic N) is 4. The molecule has 1 aliphatic carbocycles. The molecule has 2 aliphatic rings. The van der Waals surface area contributed by atoms with Gasteiger partial charge in [-0.2, -0.15) is 5.10 Å². The number of rotatable bonds is 8. The summed E-state index contributed by atoms with van der Waals surface area (Å²) in [6, 6.07) is 2.00. The standard InChI is InChI=1S/C18H29N5O3/c1-21(8-9-26-2)13-17(24)22-6-7-23-16(12-22)10-15(20-23)11-19-18(25)14-4-3-5-14/h10,14H,3-9,11-13H2,1-2H3,(H,19,25). The van der Waals surface area contributed by atoms with E-state index >= 15 is 0 Å². The van der Waals surface area contributed by atoms with Gasteiger partial charge in [-0.05, 0) is 26.0 Å². The van der Waals surface area contributed by atoms with Crippen LogP contribution in [0.1, 0.15) is 30.7 Å². The average molecular weight is 363 g/mol. The van der Waals surface area contributed by atoms with Crippen LogP contribution in [0.2, 0.25) is 0 Å². The lowest BCUT2D eigenvalue weighted by Gasteiger charge is -2.29. The molecule has 1 N–H and O–H groups in total. The Bertz CT molecular complexity index is 641. The molecule has 144 valence electrons. The summed E-state index contributed by atoms with van der Waals surface area (Å²) in [6.45, 7) is 4.13. The van der Waals surface area contributed by atoms with Crippen LogP contribution >= 0.6 is 0 Å². The number of fused-ring (bicyclic) bond motifs is 1. The van der Waals surface area contributed by atoms with E-state index < -0.39 is 0 Å². The van der Waals surface area contributed by atoms with Crippen LogP contribution in [0, 0.1) is 5.92 Å². The highest BCUT2D eigenvalue weighted by Gasteiger charge is 2.26. The van der Waals surface area contributed by atoms with Crippen molar-refractivity contribution in [2.75, 3.05) is 40.4 Å². The minimum absolute atomic E-state index is 0.121. The molecule has 0 saturated heterocycles. The summed E-state index contributed by atoms with van der Waals surface area (Å²) in [7, 11) is 3.59. The third-order valence-corrected chi connectivity index (χ3v) is 5.20. The van der Waals surface area contributed by atoms with Crippen LogP contribution in [0.3, 0.4) is 0 Å². The number of methoxy groups -OCH3 is 1. The third kappa shape index (κ3) is 4.62. The zero-order chi connectivity index (χ0) is 18.5. The predicted octanol–water partition coefficient (Wildman–Crippen LogP) is 0.220. The van der Waals surface area contributed by atoms with E-state index in [4.69, 9.17) is 4.74 Å². The van der Waals surface area contributed by atoms with Gasteiger partial charge in [0.2, 0.25) is 11.8 Å². The molecule has 0 aromatic carbocycles. The van der Waals surface area contributed by atoms with E-state index in [1.807, 2.05) is 27.6 Å². The monoisotopic (exact) mass is 363 g/mol. The lowest BCUT2D eigenvalue weighted by molar-refractivity contribution is -0.133. The summed E-state index contributed by atoms with van der Waals surface area (Å²) in [5, 5.41) is 7.53. The molecule has 1 aliphatic heterocycles. The predicted molar refractivity (Wildman–Crippen MR) is 96.2 cm³/mol. The topological polar surface area (TPSA) is 79.7 Å². The molecule has 3 rings (SSSR count). The molecular weight excluding hydrogens is 334 g/mol. The fourth-order valence-corrected chi connectivity index (χ4v) is 3.27. The normalized spacial score (nSPS) is 17.1. The van der Waals surface area contributed by atoms with Crippen LogP contribution in [0.15, 0.2) is 6.07 Å². The summed E-state index contributed by atoms with van der Waals surface area (Å²) in [5.41, 5.74) is 1.89. The second kappa shape index (κ2) is 8.64. The van der Waals surface area contributed by atoms with Gasteiger partial charge in [-0.1, -0.05) is 6.42 Å². The van der Waals surface area contributed by atoms with Gasteiger partial charge >= 0.3 is 0 Å². The molecule has 0 radical (unpaired) electrons. The van der Waals surface area contributed by atoms with E-state index in [1.165, 1.54) is 0 Å². The Balaban J connectivity index is 1.49. The van der Waals surface area contributed by atoms with Crippen molar-refractivity contribution in [3.05, 3.63) is 17.5 Å². The van der Waals surface area contributed by atoms with Crippen LogP contribution in [0.5, 0.6) is 0 Å². The van der Waals surface area contributed by atoms with Gasteiger partial charge in [-0.3, -0.25) is 19.2 Å². The molecule has 0 bridgehead atoms. The lowest BCUT2D eigenvalue weighted by Crippen LogP contribution is -2.43. The van der Waals surface area contributed by atoms with Crippen molar-refractivity contribution >= 4 is 11.8 Å². The van der Waals surface area contributed by atoms with E-state index in [0.717, 1.165) is 37.2 Å². The second-order valence-electron chi connectivity index (χ2n) is 7.24. The van der Waals surface area contributed by atoms with Gasteiger partial charge in [-0.15, -0.1) is 0 Å². The van der Waals surface area contributed by atoms with Crippen LogP contribution < -0.4 is 5.32 Å². The quantitative estimate of drug-likeness (QED) is 0.715. The van der Waals surface area contributed by atoms with Crippen LogP contribution in [-0.2, 0) is 34.0 Å². The van der Waals surface area contributed by atoms with E-state index in [-0.39, 0.29) is 17.7 Å². The maximum atomic E-state index is 12.5. The van der Waals surface area contributed by atoms with Crippen molar-refractivity contribution in [1.29, 1.82) is 0 Å². The first-order chi connectivity index (χ1) is 12.6. The summed E-state index contributed by atoms with van der Waals surface area (Å²) in [5.74, 6) is 0.449.